The molecule has 0 bridgehead atoms. The zero-order valence-corrected chi connectivity index (χ0v) is 16.3. The minimum Gasteiger partial charge on any atom is -0.376 e. The molecule has 2 aliphatic heterocycles. The van der Waals surface area contributed by atoms with E-state index in [0.717, 1.165) is 63.6 Å². The highest BCUT2D eigenvalue weighted by Gasteiger charge is 2.31. The molecule has 8 heteroatoms. The first-order chi connectivity index (χ1) is 11.9. The number of anilines is 1. The predicted molar refractivity (Wildman–Crippen MR) is 97.8 cm³/mol. The molecule has 0 spiro atoms. The molecule has 25 heavy (non-hydrogen) atoms. The molecule has 2 fully saturated rings. The standard InChI is InChI=1S/C17H30N4O3S/c1-4-13(2)16-18-19-17(21(16)11-14-7-6-10-24-14)20-9-5-8-15(12-20)25(3,22)23/h13-15H,4-12H2,1-3H3. The first-order valence-electron chi connectivity index (χ1n) is 9.38. The Morgan fingerprint density at radius 1 is 1.28 bits per heavy atom. The molecule has 142 valence electrons. The van der Waals surface area contributed by atoms with Gasteiger partial charge in [-0.3, -0.25) is 4.57 Å². The van der Waals surface area contributed by atoms with E-state index in [1.165, 1.54) is 6.26 Å². The summed E-state index contributed by atoms with van der Waals surface area (Å²) in [6, 6.07) is 0. The van der Waals surface area contributed by atoms with Gasteiger partial charge in [0, 0.05) is 31.9 Å². The van der Waals surface area contributed by atoms with Crippen LogP contribution in [0, 0.1) is 0 Å². The number of rotatable bonds is 6. The maximum atomic E-state index is 12.0. The van der Waals surface area contributed by atoms with Crippen LogP contribution in [0.3, 0.4) is 0 Å². The van der Waals surface area contributed by atoms with E-state index < -0.39 is 9.84 Å². The fourth-order valence-corrected chi connectivity index (χ4v) is 4.77. The smallest absolute Gasteiger partial charge is 0.227 e. The molecule has 0 radical (unpaired) electrons. The molecule has 7 nitrogen and oxygen atoms in total. The van der Waals surface area contributed by atoms with Gasteiger partial charge in [0.15, 0.2) is 9.84 Å². The Kier molecular flexibility index (Phi) is 5.68. The normalized spacial score (nSPS) is 26.1. The number of ether oxygens (including phenoxy) is 1. The lowest BCUT2D eigenvalue weighted by Gasteiger charge is -2.33. The number of nitrogens with zero attached hydrogens (tertiary/aromatic N) is 4. The highest BCUT2D eigenvalue weighted by molar-refractivity contribution is 7.91. The summed E-state index contributed by atoms with van der Waals surface area (Å²) in [6.07, 6.45) is 6.28. The summed E-state index contributed by atoms with van der Waals surface area (Å²) in [5.74, 6) is 2.10. The fraction of sp³-hybridized carbons (Fsp3) is 0.882. The van der Waals surface area contributed by atoms with Crippen LogP contribution in [0.4, 0.5) is 5.95 Å². The molecule has 3 heterocycles. The topological polar surface area (TPSA) is 77.3 Å². The molecule has 2 saturated heterocycles. The van der Waals surface area contributed by atoms with E-state index in [0.29, 0.717) is 12.5 Å². The molecule has 0 N–H and O–H groups in total. The second-order valence-electron chi connectivity index (χ2n) is 7.45. The van der Waals surface area contributed by atoms with Gasteiger partial charge in [-0.05, 0) is 32.1 Å². The summed E-state index contributed by atoms with van der Waals surface area (Å²) in [7, 11) is -3.04. The van der Waals surface area contributed by atoms with E-state index in [1.54, 1.807) is 0 Å². The lowest BCUT2D eigenvalue weighted by molar-refractivity contribution is 0.0962. The van der Waals surface area contributed by atoms with Crippen LogP contribution in [-0.4, -0.2) is 60.5 Å². The minimum absolute atomic E-state index is 0.202. The third kappa shape index (κ3) is 4.16. The molecule has 1 aromatic rings. The van der Waals surface area contributed by atoms with E-state index in [1.807, 2.05) is 0 Å². The lowest BCUT2D eigenvalue weighted by atomic mass is 10.1. The van der Waals surface area contributed by atoms with Gasteiger partial charge in [0.1, 0.15) is 5.82 Å². The number of sulfone groups is 1. The van der Waals surface area contributed by atoms with Crippen LogP contribution in [0.2, 0.25) is 0 Å². The highest BCUT2D eigenvalue weighted by atomic mass is 32.2. The molecular formula is C17H30N4O3S. The molecule has 0 saturated carbocycles. The molecule has 3 unspecified atom stereocenters. The van der Waals surface area contributed by atoms with Gasteiger partial charge in [0.25, 0.3) is 0 Å². The molecule has 1 aromatic heterocycles. The molecule has 0 amide bonds. The maximum absolute atomic E-state index is 12.0. The summed E-state index contributed by atoms with van der Waals surface area (Å²) in [5.41, 5.74) is 0. The SMILES string of the molecule is CCC(C)c1nnc(N2CCCC(S(C)(=O)=O)C2)n1CC1CCCO1. The molecular weight excluding hydrogens is 340 g/mol. The average molecular weight is 371 g/mol. The van der Waals surface area contributed by atoms with Crippen molar-refractivity contribution in [3.05, 3.63) is 5.82 Å². The Bertz CT molecular complexity index is 682. The van der Waals surface area contributed by atoms with E-state index in [-0.39, 0.29) is 11.4 Å². The van der Waals surface area contributed by atoms with E-state index in [2.05, 4.69) is 33.5 Å². The van der Waals surface area contributed by atoms with Crippen LogP contribution < -0.4 is 4.90 Å². The van der Waals surface area contributed by atoms with Crippen LogP contribution in [0.15, 0.2) is 0 Å². The van der Waals surface area contributed by atoms with Crippen molar-refractivity contribution >= 4 is 15.8 Å². The fourth-order valence-electron chi connectivity index (χ4n) is 3.72. The van der Waals surface area contributed by atoms with E-state index >= 15 is 0 Å². The monoisotopic (exact) mass is 370 g/mol. The number of aromatic nitrogens is 3. The second kappa shape index (κ2) is 7.61. The zero-order valence-electron chi connectivity index (χ0n) is 15.5. The Morgan fingerprint density at radius 2 is 2.08 bits per heavy atom. The molecule has 3 atom stereocenters. The lowest BCUT2D eigenvalue weighted by Crippen LogP contribution is -2.43. The number of piperidine rings is 1. The van der Waals surface area contributed by atoms with Crippen molar-refractivity contribution in [3.8, 4) is 0 Å². The molecule has 0 aromatic carbocycles. The zero-order chi connectivity index (χ0) is 18.0. The summed E-state index contributed by atoms with van der Waals surface area (Å²) < 4.78 is 32.0. The van der Waals surface area contributed by atoms with Crippen molar-refractivity contribution in [1.82, 2.24) is 14.8 Å². The van der Waals surface area contributed by atoms with Crippen molar-refractivity contribution in [2.75, 3.05) is 30.9 Å². The van der Waals surface area contributed by atoms with Crippen molar-refractivity contribution in [2.24, 2.45) is 0 Å². The van der Waals surface area contributed by atoms with Crippen molar-refractivity contribution in [3.63, 3.8) is 0 Å². The van der Waals surface area contributed by atoms with Crippen LogP contribution in [0.5, 0.6) is 0 Å². The van der Waals surface area contributed by atoms with Crippen molar-refractivity contribution in [2.45, 2.75) is 69.8 Å². The third-order valence-electron chi connectivity index (χ3n) is 5.49. The molecule has 3 rings (SSSR count). The highest BCUT2D eigenvalue weighted by Crippen LogP contribution is 2.27. The van der Waals surface area contributed by atoms with Gasteiger partial charge in [-0.1, -0.05) is 13.8 Å². The Morgan fingerprint density at radius 3 is 2.72 bits per heavy atom. The Hall–Kier alpha value is -1.15. The first kappa shape index (κ1) is 18.6. The number of hydrogen-bond donors (Lipinski definition) is 0. The van der Waals surface area contributed by atoms with Gasteiger partial charge in [0.2, 0.25) is 5.95 Å². The molecule has 0 aliphatic carbocycles. The summed E-state index contributed by atoms with van der Waals surface area (Å²) in [5, 5.41) is 8.60. The van der Waals surface area contributed by atoms with Gasteiger partial charge in [-0.2, -0.15) is 0 Å². The van der Waals surface area contributed by atoms with Gasteiger partial charge >= 0.3 is 0 Å². The maximum Gasteiger partial charge on any atom is 0.227 e. The van der Waals surface area contributed by atoms with Crippen LogP contribution in [0.25, 0.3) is 0 Å². The first-order valence-corrected chi connectivity index (χ1v) is 11.3. The summed E-state index contributed by atoms with van der Waals surface area (Å²) >= 11 is 0. The van der Waals surface area contributed by atoms with Crippen molar-refractivity contribution < 1.29 is 13.2 Å². The van der Waals surface area contributed by atoms with Gasteiger partial charge in [-0.25, -0.2) is 8.42 Å². The van der Waals surface area contributed by atoms with Crippen molar-refractivity contribution in [1.29, 1.82) is 0 Å². The van der Waals surface area contributed by atoms with Gasteiger partial charge < -0.3 is 9.64 Å². The quantitative estimate of drug-likeness (QED) is 0.762. The summed E-state index contributed by atoms with van der Waals surface area (Å²) in [4.78, 5) is 2.10. The summed E-state index contributed by atoms with van der Waals surface area (Å²) in [6.45, 7) is 7.22. The Labute approximate surface area is 150 Å². The van der Waals surface area contributed by atoms with Gasteiger partial charge in [-0.15, -0.1) is 10.2 Å². The minimum atomic E-state index is -3.04. The molecule has 2 aliphatic rings. The van der Waals surface area contributed by atoms with Gasteiger partial charge in [0.05, 0.1) is 17.9 Å². The Balaban J connectivity index is 1.87. The predicted octanol–water partition coefficient (Wildman–Crippen LogP) is 1.98. The van der Waals surface area contributed by atoms with E-state index in [4.69, 9.17) is 4.74 Å². The third-order valence-corrected chi connectivity index (χ3v) is 7.09. The van der Waals surface area contributed by atoms with Crippen LogP contribution in [-0.2, 0) is 21.1 Å². The van der Waals surface area contributed by atoms with E-state index in [9.17, 15) is 8.42 Å². The largest absolute Gasteiger partial charge is 0.376 e. The second-order valence-corrected chi connectivity index (χ2v) is 9.78. The average Bonchev–Trinajstić information content (AvgIpc) is 3.24. The van der Waals surface area contributed by atoms with Crippen LogP contribution >= 0.6 is 0 Å². The van der Waals surface area contributed by atoms with Crippen LogP contribution in [0.1, 0.15) is 57.7 Å². The number of hydrogen-bond acceptors (Lipinski definition) is 6.